The van der Waals surface area contributed by atoms with Gasteiger partial charge in [-0.2, -0.15) is 0 Å². The van der Waals surface area contributed by atoms with Gasteiger partial charge in [-0.1, -0.05) is 48.4 Å². The van der Waals surface area contributed by atoms with Crippen molar-refractivity contribution in [1.29, 1.82) is 0 Å². The summed E-state index contributed by atoms with van der Waals surface area (Å²) in [5.41, 5.74) is 7.73. The molecule has 2 fully saturated rings. The summed E-state index contributed by atoms with van der Waals surface area (Å²) in [6.07, 6.45) is 3.96. The number of aryl methyl sites for hydroxylation is 1. The van der Waals surface area contributed by atoms with Gasteiger partial charge in [-0.25, -0.2) is 0 Å². The van der Waals surface area contributed by atoms with E-state index in [1.165, 1.54) is 41.5 Å². The Morgan fingerprint density at radius 2 is 1.37 bits per heavy atom. The predicted octanol–water partition coefficient (Wildman–Crippen LogP) is 5.33. The van der Waals surface area contributed by atoms with Gasteiger partial charge >= 0.3 is 7.12 Å². The van der Waals surface area contributed by atoms with Crippen LogP contribution in [0.5, 0.6) is 0 Å². The molecule has 2 aliphatic carbocycles. The molecule has 2 atom stereocenters. The molecule has 2 aromatic carbocycles. The van der Waals surface area contributed by atoms with Crippen molar-refractivity contribution >= 4 is 12.6 Å². The molecule has 0 amide bonds. The number of benzene rings is 2. The molecule has 1 saturated carbocycles. The fourth-order valence-corrected chi connectivity index (χ4v) is 5.19. The molecule has 0 aromatic heterocycles. The molecule has 3 heteroatoms. The van der Waals surface area contributed by atoms with Gasteiger partial charge in [0.2, 0.25) is 0 Å². The highest BCUT2D eigenvalue weighted by atomic mass is 16.7. The first-order chi connectivity index (χ1) is 12.8. The fourth-order valence-electron chi connectivity index (χ4n) is 5.19. The van der Waals surface area contributed by atoms with Gasteiger partial charge in [0.25, 0.3) is 0 Å². The zero-order valence-corrected chi connectivity index (χ0v) is 17.1. The summed E-state index contributed by atoms with van der Waals surface area (Å²) in [7, 11) is -0.296. The van der Waals surface area contributed by atoms with Gasteiger partial charge in [-0.15, -0.1) is 0 Å². The molecule has 0 spiro atoms. The molecule has 140 valence electrons. The summed E-state index contributed by atoms with van der Waals surface area (Å²) in [6.45, 7) is 10.7. The standard InChI is InChI=1S/C24H29BO2/c1-15-9-11-19-17-7-6-8-18(17)20-12-10-16(14-22(20)21(19)13-15)25-26-23(2,3)24(4,5)27-25/h9-14,17-18H,6-8H2,1-5H3/t17-,18+/m1/s1. The highest BCUT2D eigenvalue weighted by Crippen LogP contribution is 2.54. The van der Waals surface area contributed by atoms with Crippen molar-refractivity contribution in [3.05, 3.63) is 53.1 Å². The first-order valence-electron chi connectivity index (χ1n) is 10.4. The van der Waals surface area contributed by atoms with E-state index >= 15 is 0 Å². The van der Waals surface area contributed by atoms with Crippen LogP contribution in [0.15, 0.2) is 36.4 Å². The van der Waals surface area contributed by atoms with Crippen LogP contribution in [-0.4, -0.2) is 18.3 Å². The third-order valence-corrected chi connectivity index (χ3v) is 7.42. The molecule has 1 aliphatic heterocycles. The van der Waals surface area contributed by atoms with Crippen LogP contribution in [0.2, 0.25) is 0 Å². The Morgan fingerprint density at radius 3 is 2.00 bits per heavy atom. The minimum atomic E-state index is -0.307. The fraction of sp³-hybridized carbons (Fsp3) is 0.500. The predicted molar refractivity (Wildman–Crippen MR) is 112 cm³/mol. The average molecular weight is 360 g/mol. The lowest BCUT2D eigenvalue weighted by Crippen LogP contribution is -2.41. The van der Waals surface area contributed by atoms with Gasteiger partial charge in [0, 0.05) is 0 Å². The topological polar surface area (TPSA) is 18.5 Å². The summed E-state index contributed by atoms with van der Waals surface area (Å²) in [6, 6.07) is 13.9. The van der Waals surface area contributed by atoms with Crippen LogP contribution in [0.4, 0.5) is 0 Å². The lowest BCUT2D eigenvalue weighted by Gasteiger charge is -2.32. The molecule has 2 nitrogen and oxygen atoms in total. The Hall–Kier alpha value is -1.58. The number of rotatable bonds is 1. The average Bonchev–Trinajstić information content (AvgIpc) is 3.17. The Morgan fingerprint density at radius 1 is 0.815 bits per heavy atom. The Balaban J connectivity index is 1.62. The molecule has 0 radical (unpaired) electrons. The molecule has 5 rings (SSSR count). The van der Waals surface area contributed by atoms with Crippen LogP contribution in [0.1, 0.15) is 75.5 Å². The van der Waals surface area contributed by atoms with Crippen LogP contribution in [0.3, 0.4) is 0 Å². The Labute approximate surface area is 163 Å². The van der Waals surface area contributed by atoms with Crippen LogP contribution >= 0.6 is 0 Å². The van der Waals surface area contributed by atoms with Crippen molar-refractivity contribution in [1.82, 2.24) is 0 Å². The maximum Gasteiger partial charge on any atom is 0.494 e. The largest absolute Gasteiger partial charge is 0.494 e. The first kappa shape index (κ1) is 17.5. The van der Waals surface area contributed by atoms with E-state index in [4.69, 9.17) is 9.31 Å². The molecule has 0 unspecified atom stereocenters. The van der Waals surface area contributed by atoms with Crippen LogP contribution < -0.4 is 5.46 Å². The van der Waals surface area contributed by atoms with Crippen LogP contribution in [-0.2, 0) is 9.31 Å². The van der Waals surface area contributed by atoms with Crippen molar-refractivity contribution in [2.24, 2.45) is 0 Å². The first-order valence-corrected chi connectivity index (χ1v) is 10.4. The van der Waals surface area contributed by atoms with Crippen molar-refractivity contribution in [3.8, 4) is 11.1 Å². The molecule has 1 saturated heterocycles. The van der Waals surface area contributed by atoms with Crippen molar-refractivity contribution < 1.29 is 9.31 Å². The summed E-state index contributed by atoms with van der Waals surface area (Å²) in [5.74, 6) is 1.36. The van der Waals surface area contributed by atoms with E-state index in [1.807, 2.05) is 0 Å². The molecule has 1 heterocycles. The minimum Gasteiger partial charge on any atom is -0.399 e. The highest BCUT2D eigenvalue weighted by molar-refractivity contribution is 6.62. The van der Waals surface area contributed by atoms with Gasteiger partial charge in [0.05, 0.1) is 11.2 Å². The number of fused-ring (bicyclic) bond motifs is 6. The van der Waals surface area contributed by atoms with Gasteiger partial charge in [0.15, 0.2) is 0 Å². The summed E-state index contributed by atoms with van der Waals surface area (Å²) in [4.78, 5) is 0. The van der Waals surface area contributed by atoms with E-state index in [9.17, 15) is 0 Å². The normalized spacial score (nSPS) is 27.2. The summed E-state index contributed by atoms with van der Waals surface area (Å²) in [5, 5.41) is 0. The van der Waals surface area contributed by atoms with E-state index in [1.54, 1.807) is 5.56 Å². The van der Waals surface area contributed by atoms with E-state index in [0.29, 0.717) is 11.8 Å². The molecular weight excluding hydrogens is 331 g/mol. The minimum absolute atomic E-state index is 0.296. The smallest absolute Gasteiger partial charge is 0.399 e. The molecule has 0 N–H and O–H groups in total. The SMILES string of the molecule is Cc1ccc2c(c1)-c1cc(B3OC(C)(C)C(C)(C)O3)ccc1[C@H]1CCC[C@@H]21. The third-order valence-electron chi connectivity index (χ3n) is 7.42. The zero-order chi connectivity index (χ0) is 19.0. The van der Waals surface area contributed by atoms with Crippen molar-refractivity contribution in [2.75, 3.05) is 0 Å². The zero-order valence-electron chi connectivity index (χ0n) is 17.1. The summed E-state index contributed by atoms with van der Waals surface area (Å²) < 4.78 is 12.6. The second kappa shape index (κ2) is 5.72. The molecule has 2 aromatic rings. The van der Waals surface area contributed by atoms with Crippen LogP contribution in [0.25, 0.3) is 11.1 Å². The van der Waals surface area contributed by atoms with Crippen molar-refractivity contribution in [3.63, 3.8) is 0 Å². The molecule has 0 bridgehead atoms. The van der Waals surface area contributed by atoms with E-state index < -0.39 is 0 Å². The van der Waals surface area contributed by atoms with Crippen molar-refractivity contribution in [2.45, 2.75) is 76.9 Å². The molecule has 27 heavy (non-hydrogen) atoms. The number of hydrogen-bond donors (Lipinski definition) is 0. The van der Waals surface area contributed by atoms with Gasteiger partial charge in [0.1, 0.15) is 0 Å². The lowest BCUT2D eigenvalue weighted by atomic mass is 9.69. The second-order valence-electron chi connectivity index (χ2n) is 9.67. The molecule has 3 aliphatic rings. The van der Waals surface area contributed by atoms with E-state index in [2.05, 4.69) is 71.0 Å². The highest BCUT2D eigenvalue weighted by Gasteiger charge is 2.52. The maximum atomic E-state index is 6.32. The van der Waals surface area contributed by atoms with Crippen LogP contribution in [0, 0.1) is 6.92 Å². The molecular formula is C24H29BO2. The summed E-state index contributed by atoms with van der Waals surface area (Å²) >= 11 is 0. The van der Waals surface area contributed by atoms with Gasteiger partial charge < -0.3 is 9.31 Å². The van der Waals surface area contributed by atoms with E-state index in [0.717, 1.165) is 5.46 Å². The Kier molecular flexibility index (Phi) is 3.71. The Bertz CT molecular complexity index is 899. The maximum absolute atomic E-state index is 6.32. The third kappa shape index (κ3) is 2.55. The quantitative estimate of drug-likeness (QED) is 0.641. The van der Waals surface area contributed by atoms with E-state index in [-0.39, 0.29) is 18.3 Å². The second-order valence-corrected chi connectivity index (χ2v) is 9.67. The monoisotopic (exact) mass is 360 g/mol. The lowest BCUT2D eigenvalue weighted by molar-refractivity contribution is 0.00578. The van der Waals surface area contributed by atoms with Gasteiger partial charge in [-0.05, 0) is 87.0 Å². The van der Waals surface area contributed by atoms with Gasteiger partial charge in [-0.3, -0.25) is 0 Å². The number of hydrogen-bond acceptors (Lipinski definition) is 2.